The van der Waals surface area contributed by atoms with Crippen molar-refractivity contribution >= 4 is 57.6 Å². The lowest BCUT2D eigenvalue weighted by atomic mass is 10.2. The van der Waals surface area contributed by atoms with Crippen LogP contribution < -0.4 is 10.6 Å². The molecule has 0 saturated heterocycles. The first-order valence-electron chi connectivity index (χ1n) is 5.83. The Morgan fingerprint density at radius 2 is 1.71 bits per heavy atom. The van der Waals surface area contributed by atoms with Crippen LogP contribution in [0.1, 0.15) is 10.4 Å². The molecule has 2 aromatic rings. The van der Waals surface area contributed by atoms with Crippen molar-refractivity contribution in [2.75, 3.05) is 10.6 Å². The van der Waals surface area contributed by atoms with E-state index in [1.807, 2.05) is 12.1 Å². The van der Waals surface area contributed by atoms with Gasteiger partial charge in [-0.15, -0.1) is 0 Å². The molecule has 0 aromatic heterocycles. The standard InChI is InChI=1S/C14H10ClIN2O3/c15-9-6-5-8(13(19)20)7-12(9)18-14(21)17-11-4-2-1-3-10(11)16/h1-7H,(H,19,20)(H2,17,18,21). The van der Waals surface area contributed by atoms with E-state index in [1.165, 1.54) is 18.2 Å². The largest absolute Gasteiger partial charge is 0.478 e. The summed E-state index contributed by atoms with van der Waals surface area (Å²) < 4.78 is 0.885. The third kappa shape index (κ3) is 4.08. The number of anilines is 2. The Bertz CT molecular complexity index is 706. The van der Waals surface area contributed by atoms with Gasteiger partial charge in [0.15, 0.2) is 0 Å². The Balaban J connectivity index is 2.15. The molecule has 0 aliphatic carbocycles. The van der Waals surface area contributed by atoms with E-state index < -0.39 is 12.0 Å². The van der Waals surface area contributed by atoms with Crippen molar-refractivity contribution < 1.29 is 14.7 Å². The third-order valence-electron chi connectivity index (χ3n) is 2.58. The number of aromatic carboxylic acids is 1. The molecule has 3 N–H and O–H groups in total. The van der Waals surface area contributed by atoms with Gasteiger partial charge in [0, 0.05) is 3.57 Å². The number of carboxylic acid groups (broad SMARTS) is 1. The Morgan fingerprint density at radius 1 is 1.05 bits per heavy atom. The van der Waals surface area contributed by atoms with Crippen LogP contribution >= 0.6 is 34.2 Å². The van der Waals surface area contributed by atoms with Gasteiger partial charge < -0.3 is 15.7 Å². The molecule has 0 bridgehead atoms. The van der Waals surface area contributed by atoms with E-state index in [9.17, 15) is 9.59 Å². The summed E-state index contributed by atoms with van der Waals surface area (Å²) >= 11 is 8.04. The van der Waals surface area contributed by atoms with Crippen molar-refractivity contribution in [3.05, 3.63) is 56.6 Å². The van der Waals surface area contributed by atoms with Gasteiger partial charge in [-0.2, -0.15) is 0 Å². The summed E-state index contributed by atoms with van der Waals surface area (Å²) in [5.41, 5.74) is 0.935. The van der Waals surface area contributed by atoms with Gasteiger partial charge in [0.1, 0.15) is 0 Å². The number of carbonyl (C=O) groups is 2. The van der Waals surface area contributed by atoms with Crippen molar-refractivity contribution in [2.45, 2.75) is 0 Å². The molecule has 0 atom stereocenters. The molecular formula is C14H10ClIN2O3. The van der Waals surface area contributed by atoms with Gasteiger partial charge in [0.2, 0.25) is 0 Å². The Morgan fingerprint density at radius 3 is 2.38 bits per heavy atom. The van der Waals surface area contributed by atoms with E-state index in [2.05, 4.69) is 33.2 Å². The van der Waals surface area contributed by atoms with E-state index in [0.29, 0.717) is 5.69 Å². The number of amides is 2. The number of benzene rings is 2. The average Bonchev–Trinajstić information content (AvgIpc) is 2.43. The molecule has 2 rings (SSSR count). The number of halogens is 2. The summed E-state index contributed by atoms with van der Waals surface area (Å²) in [5, 5.41) is 14.4. The van der Waals surface area contributed by atoms with Crippen LogP contribution in [0.15, 0.2) is 42.5 Å². The van der Waals surface area contributed by atoms with E-state index in [1.54, 1.807) is 12.1 Å². The minimum Gasteiger partial charge on any atom is -0.478 e. The lowest BCUT2D eigenvalue weighted by molar-refractivity contribution is 0.0697. The maximum atomic E-state index is 11.9. The van der Waals surface area contributed by atoms with Gasteiger partial charge >= 0.3 is 12.0 Å². The topological polar surface area (TPSA) is 78.4 Å². The summed E-state index contributed by atoms with van der Waals surface area (Å²) in [4.78, 5) is 22.8. The third-order valence-corrected chi connectivity index (χ3v) is 3.85. The second kappa shape index (κ2) is 6.77. The molecule has 21 heavy (non-hydrogen) atoms. The summed E-state index contributed by atoms with van der Waals surface area (Å²) in [6.45, 7) is 0. The van der Waals surface area contributed by atoms with Crippen LogP contribution in [0.4, 0.5) is 16.2 Å². The summed E-state index contributed by atoms with van der Waals surface area (Å²) in [7, 11) is 0. The molecule has 5 nitrogen and oxygen atoms in total. The highest BCUT2D eigenvalue weighted by Gasteiger charge is 2.11. The van der Waals surface area contributed by atoms with Crippen molar-refractivity contribution in [2.24, 2.45) is 0 Å². The number of hydrogen-bond donors (Lipinski definition) is 3. The van der Waals surface area contributed by atoms with Crippen molar-refractivity contribution in [3.63, 3.8) is 0 Å². The van der Waals surface area contributed by atoms with E-state index in [0.717, 1.165) is 3.57 Å². The van der Waals surface area contributed by atoms with Crippen LogP contribution in [0.2, 0.25) is 5.02 Å². The van der Waals surface area contributed by atoms with Crippen LogP contribution in [0, 0.1) is 3.57 Å². The molecule has 2 amide bonds. The Hall–Kier alpha value is -1.80. The number of carbonyl (C=O) groups excluding carboxylic acids is 1. The van der Waals surface area contributed by atoms with E-state index >= 15 is 0 Å². The van der Waals surface area contributed by atoms with Crippen LogP contribution in [-0.4, -0.2) is 17.1 Å². The normalized spacial score (nSPS) is 10.0. The zero-order valence-corrected chi connectivity index (χ0v) is 13.5. The molecule has 7 heteroatoms. The number of nitrogens with one attached hydrogen (secondary N) is 2. The number of para-hydroxylation sites is 1. The zero-order valence-electron chi connectivity index (χ0n) is 10.6. The molecule has 0 aliphatic heterocycles. The molecule has 0 aliphatic rings. The van der Waals surface area contributed by atoms with Gasteiger partial charge in [-0.3, -0.25) is 0 Å². The van der Waals surface area contributed by atoms with E-state index in [4.69, 9.17) is 16.7 Å². The minimum absolute atomic E-state index is 0.0454. The maximum Gasteiger partial charge on any atom is 0.335 e. The number of urea groups is 1. The fourth-order valence-electron chi connectivity index (χ4n) is 1.59. The fourth-order valence-corrected chi connectivity index (χ4v) is 2.28. The van der Waals surface area contributed by atoms with Crippen LogP contribution in [0.25, 0.3) is 0 Å². The SMILES string of the molecule is O=C(Nc1cc(C(=O)O)ccc1Cl)Nc1ccccc1I. The quantitative estimate of drug-likeness (QED) is 0.653. The molecule has 0 heterocycles. The minimum atomic E-state index is -1.09. The summed E-state index contributed by atoms with van der Waals surface area (Å²) in [6, 6.07) is 10.9. The van der Waals surface area contributed by atoms with Crippen molar-refractivity contribution in [3.8, 4) is 0 Å². The smallest absolute Gasteiger partial charge is 0.335 e. The highest BCUT2D eigenvalue weighted by molar-refractivity contribution is 14.1. The second-order valence-corrected chi connectivity index (χ2v) is 5.63. The molecule has 0 radical (unpaired) electrons. The van der Waals surface area contributed by atoms with Gasteiger partial charge in [0.05, 0.1) is 22.0 Å². The Kier molecular flexibility index (Phi) is 5.03. The first-order valence-corrected chi connectivity index (χ1v) is 7.28. The summed E-state index contributed by atoms with van der Waals surface area (Å²) in [6.07, 6.45) is 0. The summed E-state index contributed by atoms with van der Waals surface area (Å²) in [5.74, 6) is -1.09. The van der Waals surface area contributed by atoms with Crippen molar-refractivity contribution in [1.29, 1.82) is 0 Å². The predicted molar refractivity (Wildman–Crippen MR) is 90.2 cm³/mol. The molecule has 0 saturated carbocycles. The number of carboxylic acids is 1. The van der Waals surface area contributed by atoms with Crippen molar-refractivity contribution in [1.82, 2.24) is 0 Å². The van der Waals surface area contributed by atoms with Gasteiger partial charge in [-0.1, -0.05) is 23.7 Å². The fraction of sp³-hybridized carbons (Fsp3) is 0. The molecule has 0 fully saturated rings. The molecule has 0 unspecified atom stereocenters. The average molecular weight is 417 g/mol. The maximum absolute atomic E-state index is 11.9. The lowest BCUT2D eigenvalue weighted by Crippen LogP contribution is -2.20. The van der Waals surface area contributed by atoms with Crippen LogP contribution in [-0.2, 0) is 0 Å². The number of hydrogen-bond acceptors (Lipinski definition) is 2. The highest BCUT2D eigenvalue weighted by atomic mass is 127. The molecule has 2 aromatic carbocycles. The first kappa shape index (κ1) is 15.6. The molecule has 108 valence electrons. The van der Waals surface area contributed by atoms with Gasteiger partial charge in [0.25, 0.3) is 0 Å². The van der Waals surface area contributed by atoms with Crippen LogP contribution in [0.3, 0.4) is 0 Å². The second-order valence-electron chi connectivity index (χ2n) is 4.06. The predicted octanol–water partition coefficient (Wildman–Crippen LogP) is 4.29. The Labute approximate surface area is 139 Å². The molecular weight excluding hydrogens is 407 g/mol. The van der Waals surface area contributed by atoms with Gasteiger partial charge in [-0.05, 0) is 52.9 Å². The highest BCUT2D eigenvalue weighted by Crippen LogP contribution is 2.24. The van der Waals surface area contributed by atoms with Gasteiger partial charge in [-0.25, -0.2) is 9.59 Å². The monoisotopic (exact) mass is 416 g/mol. The molecule has 0 spiro atoms. The zero-order chi connectivity index (χ0) is 15.4. The lowest BCUT2D eigenvalue weighted by Gasteiger charge is -2.10. The first-order chi connectivity index (χ1) is 9.97. The van der Waals surface area contributed by atoms with Crippen LogP contribution in [0.5, 0.6) is 0 Å². The van der Waals surface area contributed by atoms with E-state index in [-0.39, 0.29) is 16.3 Å². The number of rotatable bonds is 3.